The van der Waals surface area contributed by atoms with Gasteiger partial charge in [0.05, 0.1) is 23.6 Å². The van der Waals surface area contributed by atoms with Gasteiger partial charge in [-0.1, -0.05) is 29.3 Å². The summed E-state index contributed by atoms with van der Waals surface area (Å²) in [6, 6.07) is 15.6. The molecular weight excluding hydrogens is 544 g/mol. The monoisotopic (exact) mass is 574 g/mol. The number of benzene rings is 2. The fraction of sp³-hybridized carbons (Fsp3) is 0.393. The zero-order valence-corrected chi connectivity index (χ0v) is 23.6. The fourth-order valence-corrected chi connectivity index (χ4v) is 7.42. The first-order valence-corrected chi connectivity index (χ1v) is 15.4. The zero-order chi connectivity index (χ0) is 26.7. The van der Waals surface area contributed by atoms with E-state index in [2.05, 4.69) is 0 Å². The van der Waals surface area contributed by atoms with Gasteiger partial charge in [-0.3, -0.25) is 4.79 Å². The number of carbonyl (C=O) groups excluding carboxylic acids is 1. The molecule has 1 saturated heterocycles. The van der Waals surface area contributed by atoms with Crippen LogP contribution in [-0.2, 0) is 26.0 Å². The summed E-state index contributed by atoms with van der Waals surface area (Å²) in [4.78, 5) is 17.0. The van der Waals surface area contributed by atoms with Crippen LogP contribution in [0.1, 0.15) is 34.9 Å². The highest BCUT2D eigenvalue weighted by molar-refractivity contribution is 7.89. The summed E-state index contributed by atoms with van der Waals surface area (Å²) in [5.74, 6) is 0.409. The molecule has 1 fully saturated rings. The second-order valence-electron chi connectivity index (χ2n) is 9.66. The van der Waals surface area contributed by atoms with E-state index in [9.17, 15) is 13.2 Å². The van der Waals surface area contributed by atoms with Gasteiger partial charge in [0.1, 0.15) is 12.4 Å². The number of thiophene rings is 1. The molecule has 1 aromatic heterocycles. The highest BCUT2D eigenvalue weighted by atomic mass is 35.5. The van der Waals surface area contributed by atoms with E-state index in [1.54, 1.807) is 64.8 Å². The van der Waals surface area contributed by atoms with Crippen molar-refractivity contribution in [3.05, 3.63) is 81.0 Å². The molecule has 202 valence electrons. The SMILES string of the molecule is Cc1ccc(S(=O)(=O)N(CC(=O)N2CCc3sccc3[C@H]2COc2ccc(Cl)cc2)C[C@H]2CCCO2)cc1. The normalized spacial score (nSPS) is 19.5. The number of hydrogen-bond donors (Lipinski definition) is 0. The molecule has 0 saturated carbocycles. The zero-order valence-electron chi connectivity index (χ0n) is 21.2. The second-order valence-corrected chi connectivity index (χ2v) is 13.0. The number of halogens is 1. The summed E-state index contributed by atoms with van der Waals surface area (Å²) in [5, 5.41) is 2.65. The molecule has 0 aliphatic carbocycles. The molecule has 0 bridgehead atoms. The molecule has 10 heteroatoms. The molecule has 0 spiro atoms. The Balaban J connectivity index is 1.38. The van der Waals surface area contributed by atoms with Gasteiger partial charge in [-0.25, -0.2) is 8.42 Å². The molecule has 7 nitrogen and oxygen atoms in total. The molecule has 5 rings (SSSR count). The molecule has 2 aromatic carbocycles. The van der Waals surface area contributed by atoms with Crippen LogP contribution < -0.4 is 4.74 Å². The van der Waals surface area contributed by atoms with Crippen molar-refractivity contribution >= 4 is 38.9 Å². The average Bonchev–Trinajstić information content (AvgIpc) is 3.60. The number of carbonyl (C=O) groups is 1. The maximum absolute atomic E-state index is 13.8. The third-order valence-electron chi connectivity index (χ3n) is 7.04. The van der Waals surface area contributed by atoms with Crippen LogP contribution in [-0.4, -0.2) is 62.5 Å². The van der Waals surface area contributed by atoms with E-state index in [0.29, 0.717) is 23.9 Å². The third kappa shape index (κ3) is 6.07. The van der Waals surface area contributed by atoms with E-state index in [4.69, 9.17) is 21.1 Å². The highest BCUT2D eigenvalue weighted by Crippen LogP contribution is 2.34. The summed E-state index contributed by atoms with van der Waals surface area (Å²) >= 11 is 7.68. The van der Waals surface area contributed by atoms with Crippen molar-refractivity contribution < 1.29 is 22.7 Å². The van der Waals surface area contributed by atoms with E-state index in [0.717, 1.165) is 30.4 Å². The van der Waals surface area contributed by atoms with Crippen molar-refractivity contribution in [2.45, 2.75) is 43.2 Å². The van der Waals surface area contributed by atoms with Crippen molar-refractivity contribution in [2.75, 3.05) is 32.8 Å². The van der Waals surface area contributed by atoms with Gasteiger partial charge in [0, 0.05) is 29.6 Å². The molecular formula is C28H31ClN2O5S2. The first-order valence-electron chi connectivity index (χ1n) is 12.7. The average molecular weight is 575 g/mol. The maximum atomic E-state index is 13.8. The van der Waals surface area contributed by atoms with Crippen molar-refractivity contribution in [3.63, 3.8) is 0 Å². The number of nitrogens with zero attached hydrogens (tertiary/aromatic N) is 2. The Morgan fingerprint density at radius 2 is 1.92 bits per heavy atom. The lowest BCUT2D eigenvalue weighted by atomic mass is 10.0. The number of ether oxygens (including phenoxy) is 2. The molecule has 0 unspecified atom stereocenters. The van der Waals surface area contributed by atoms with Crippen molar-refractivity contribution in [1.82, 2.24) is 9.21 Å². The Hall–Kier alpha value is -2.43. The van der Waals surface area contributed by atoms with Crippen LogP contribution in [0, 0.1) is 6.92 Å². The van der Waals surface area contributed by atoms with Crippen LogP contribution in [0.2, 0.25) is 5.02 Å². The molecule has 38 heavy (non-hydrogen) atoms. The topological polar surface area (TPSA) is 76.2 Å². The van der Waals surface area contributed by atoms with E-state index in [1.165, 1.54) is 9.18 Å². The Labute approximate surface area is 233 Å². The van der Waals surface area contributed by atoms with E-state index in [-0.39, 0.29) is 42.6 Å². The van der Waals surface area contributed by atoms with E-state index in [1.807, 2.05) is 18.4 Å². The Bertz CT molecular complexity index is 1350. The van der Waals surface area contributed by atoms with Gasteiger partial charge in [0.25, 0.3) is 0 Å². The predicted molar refractivity (Wildman–Crippen MR) is 148 cm³/mol. The maximum Gasteiger partial charge on any atom is 0.243 e. The lowest BCUT2D eigenvalue weighted by Gasteiger charge is -2.37. The molecule has 2 aliphatic heterocycles. The second kappa shape index (κ2) is 11.8. The summed E-state index contributed by atoms with van der Waals surface area (Å²) in [6.45, 7) is 3.16. The number of aryl methyl sites for hydroxylation is 1. The Kier molecular flexibility index (Phi) is 8.40. The molecule has 0 N–H and O–H groups in total. The predicted octanol–water partition coefficient (Wildman–Crippen LogP) is 5.08. The Morgan fingerprint density at radius 3 is 2.63 bits per heavy atom. The number of hydrogen-bond acceptors (Lipinski definition) is 6. The van der Waals surface area contributed by atoms with Gasteiger partial charge >= 0.3 is 0 Å². The molecule has 2 atom stereocenters. The fourth-order valence-electron chi connectivity index (χ4n) is 4.94. The van der Waals surface area contributed by atoms with Crippen molar-refractivity contribution in [1.29, 1.82) is 0 Å². The summed E-state index contributed by atoms with van der Waals surface area (Å²) in [7, 11) is -3.90. The highest BCUT2D eigenvalue weighted by Gasteiger charge is 2.36. The molecule has 2 aliphatic rings. The lowest BCUT2D eigenvalue weighted by molar-refractivity contribution is -0.135. The Morgan fingerprint density at radius 1 is 1.16 bits per heavy atom. The van der Waals surface area contributed by atoms with Gasteiger partial charge in [0.15, 0.2) is 0 Å². The number of rotatable bonds is 9. The summed E-state index contributed by atoms with van der Waals surface area (Å²) in [6.07, 6.45) is 2.16. The van der Waals surface area contributed by atoms with Crippen LogP contribution in [0.5, 0.6) is 5.75 Å². The van der Waals surface area contributed by atoms with Gasteiger partial charge < -0.3 is 14.4 Å². The lowest BCUT2D eigenvalue weighted by Crippen LogP contribution is -2.49. The minimum Gasteiger partial charge on any atom is -0.491 e. The summed E-state index contributed by atoms with van der Waals surface area (Å²) in [5.41, 5.74) is 2.02. The first-order chi connectivity index (χ1) is 18.3. The first kappa shape index (κ1) is 27.1. The third-order valence-corrected chi connectivity index (χ3v) is 10.1. The van der Waals surface area contributed by atoms with Crippen LogP contribution in [0.4, 0.5) is 0 Å². The van der Waals surface area contributed by atoms with Gasteiger partial charge in [-0.05, 0) is 79.6 Å². The number of sulfonamides is 1. The van der Waals surface area contributed by atoms with Crippen LogP contribution in [0.25, 0.3) is 0 Å². The van der Waals surface area contributed by atoms with Crippen LogP contribution in [0.15, 0.2) is 64.9 Å². The van der Waals surface area contributed by atoms with Crippen LogP contribution >= 0.6 is 22.9 Å². The quantitative estimate of drug-likeness (QED) is 0.356. The standard InChI is InChI=1S/C28H31ClN2O5S2/c1-20-4-10-24(11-5-20)38(33,34)30(17-23-3-2-15-35-23)18-28(32)31-14-12-27-25(13-16-37-27)26(31)19-36-22-8-6-21(29)7-9-22/h4-11,13,16,23,26H,2-3,12,14-15,17-19H2,1H3/t23-,26-/m1/s1. The molecule has 1 amide bonds. The molecule has 0 radical (unpaired) electrons. The van der Waals surface area contributed by atoms with Crippen molar-refractivity contribution in [2.24, 2.45) is 0 Å². The molecule has 3 aromatic rings. The largest absolute Gasteiger partial charge is 0.491 e. The minimum absolute atomic E-state index is 0.144. The van der Waals surface area contributed by atoms with Crippen LogP contribution in [0.3, 0.4) is 0 Å². The summed E-state index contributed by atoms with van der Waals surface area (Å²) < 4.78 is 40.5. The van der Waals surface area contributed by atoms with Gasteiger partial charge in [-0.15, -0.1) is 11.3 Å². The number of amides is 1. The van der Waals surface area contributed by atoms with E-state index < -0.39 is 10.0 Å². The van der Waals surface area contributed by atoms with E-state index >= 15 is 0 Å². The number of fused-ring (bicyclic) bond motifs is 1. The smallest absolute Gasteiger partial charge is 0.243 e. The molecule has 3 heterocycles. The van der Waals surface area contributed by atoms with Crippen molar-refractivity contribution in [3.8, 4) is 5.75 Å². The van der Waals surface area contributed by atoms with Gasteiger partial charge in [0.2, 0.25) is 15.9 Å². The van der Waals surface area contributed by atoms with Gasteiger partial charge in [-0.2, -0.15) is 4.31 Å². The minimum atomic E-state index is -3.90.